The fourth-order valence-corrected chi connectivity index (χ4v) is 12.5. The summed E-state index contributed by atoms with van der Waals surface area (Å²) in [6.07, 6.45) is 0. The van der Waals surface area contributed by atoms with Crippen LogP contribution in [0, 0.1) is 0 Å². The van der Waals surface area contributed by atoms with Gasteiger partial charge in [-0.2, -0.15) is 0 Å². The van der Waals surface area contributed by atoms with Crippen LogP contribution < -0.4 is 0 Å². The number of hydrogen-bond acceptors (Lipinski definition) is 3. The quantitative estimate of drug-likeness (QED) is 0.127. The van der Waals surface area contributed by atoms with Crippen molar-refractivity contribution in [1.29, 1.82) is 0 Å². The summed E-state index contributed by atoms with van der Waals surface area (Å²) in [5, 5.41) is 21.5. The molecule has 0 atom stereocenters. The summed E-state index contributed by atoms with van der Waals surface area (Å²) in [5.41, 5.74) is 11.4. The molecule has 2 heterocycles. The van der Waals surface area contributed by atoms with Crippen molar-refractivity contribution in [2.75, 3.05) is 0 Å². The molecule has 0 aliphatic rings. The Bertz CT molecular complexity index is 4880. The maximum absolute atomic E-state index is 6.81. The highest BCUT2D eigenvalue weighted by molar-refractivity contribution is 6.32. The number of aromatic nitrogens is 2. The zero-order chi connectivity index (χ0) is 49.1. The fraction of sp³-hybridized carbons (Fsp3) is 0. The van der Waals surface area contributed by atoms with Gasteiger partial charge in [0.15, 0.2) is 5.82 Å². The van der Waals surface area contributed by atoms with Gasteiger partial charge in [-0.1, -0.05) is 212 Å². The van der Waals surface area contributed by atoms with E-state index in [1.807, 2.05) is 12.1 Å². The van der Waals surface area contributed by atoms with Crippen LogP contribution in [0.4, 0.5) is 0 Å². The van der Waals surface area contributed by atoms with Crippen molar-refractivity contribution >= 4 is 108 Å². The summed E-state index contributed by atoms with van der Waals surface area (Å²) in [6, 6.07) is 92.4. The van der Waals surface area contributed by atoms with Crippen LogP contribution in [0.1, 0.15) is 0 Å². The molecule has 0 bridgehead atoms. The number of benzene rings is 14. The minimum atomic E-state index is 0.697. The lowest BCUT2D eigenvalue weighted by Gasteiger charge is -2.22. The first kappa shape index (κ1) is 41.6. The first-order valence-electron chi connectivity index (χ1n) is 25.7. The Morgan fingerprint density at radius 1 is 0.213 bits per heavy atom. The van der Waals surface area contributed by atoms with Crippen molar-refractivity contribution in [3.05, 3.63) is 255 Å². The molecule has 0 unspecified atom stereocenters. The van der Waals surface area contributed by atoms with E-state index < -0.39 is 0 Å². The van der Waals surface area contributed by atoms with E-state index in [-0.39, 0.29) is 0 Å². The molecule has 14 aromatic carbocycles. The second-order valence-corrected chi connectivity index (χ2v) is 19.9. The van der Waals surface area contributed by atoms with Crippen LogP contribution in [0.3, 0.4) is 0 Å². The third-order valence-corrected chi connectivity index (χ3v) is 15.8. The number of furan rings is 1. The molecular formula is C72H42N2O. The summed E-state index contributed by atoms with van der Waals surface area (Å²) >= 11 is 0. The van der Waals surface area contributed by atoms with E-state index in [4.69, 9.17) is 14.4 Å². The lowest BCUT2D eigenvalue weighted by Crippen LogP contribution is -1.98. The van der Waals surface area contributed by atoms with Gasteiger partial charge in [-0.05, 0) is 151 Å². The monoisotopic (exact) mass is 950 g/mol. The van der Waals surface area contributed by atoms with Gasteiger partial charge in [0.25, 0.3) is 0 Å². The van der Waals surface area contributed by atoms with Gasteiger partial charge in [0.1, 0.15) is 11.2 Å². The molecule has 0 saturated carbocycles. The molecule has 346 valence electrons. The highest BCUT2D eigenvalue weighted by Gasteiger charge is 2.24. The number of hydrogen-bond donors (Lipinski definition) is 0. The standard InChI is InChI=1S/C72H42N2O/c1-3-19-43(20-4-1)64-42-65(74-72(73-64)44-21-5-2-6-22-44)69-52-29-13-17-33-56(52)71(57-34-18-14-30-53(57)69)70-54-31-15-11-27-50(54)68(51-28-12-16-32-55(51)70)47-35-36-66-62(39-47)63-40-60-59-38-46-24-8-7-23-45(46)37-58(59)48-25-9-10-26-49(48)61(60)41-67(63)75-66/h1-42H. The zero-order valence-corrected chi connectivity index (χ0v) is 40.6. The van der Waals surface area contributed by atoms with Crippen LogP contribution >= 0.6 is 0 Å². The average Bonchev–Trinajstić information content (AvgIpc) is 3.90. The Morgan fingerprint density at radius 3 is 1.16 bits per heavy atom. The van der Waals surface area contributed by atoms with Crippen LogP contribution in [0.15, 0.2) is 259 Å². The molecule has 0 aliphatic carbocycles. The van der Waals surface area contributed by atoms with Crippen molar-refractivity contribution in [2.24, 2.45) is 0 Å². The van der Waals surface area contributed by atoms with E-state index in [0.717, 1.165) is 66.4 Å². The average molecular weight is 951 g/mol. The first-order chi connectivity index (χ1) is 37.2. The SMILES string of the molecule is c1ccc(-c2cc(-c3c4ccccc4c(-c4c5ccccc5c(-c5ccc6oc7cc8c9ccccc9c9cc%10ccccc%10cc9c8cc7c6c5)c5ccccc45)c4ccccc34)nc(-c3ccccc3)n2)cc1. The van der Waals surface area contributed by atoms with Crippen LogP contribution in [0.5, 0.6) is 0 Å². The Balaban J connectivity index is 0.945. The zero-order valence-electron chi connectivity index (χ0n) is 40.6. The Labute approximate surface area is 431 Å². The van der Waals surface area contributed by atoms with E-state index in [1.54, 1.807) is 0 Å². The Morgan fingerprint density at radius 2 is 0.613 bits per heavy atom. The summed E-state index contributed by atoms with van der Waals surface area (Å²) in [7, 11) is 0. The number of nitrogens with zero attached hydrogens (tertiary/aromatic N) is 2. The largest absolute Gasteiger partial charge is 0.456 e. The van der Waals surface area contributed by atoms with Crippen molar-refractivity contribution in [3.63, 3.8) is 0 Å². The van der Waals surface area contributed by atoms with Crippen molar-refractivity contribution in [3.8, 4) is 56.2 Å². The van der Waals surface area contributed by atoms with Gasteiger partial charge in [-0.15, -0.1) is 0 Å². The maximum atomic E-state index is 6.81. The molecule has 16 rings (SSSR count). The minimum Gasteiger partial charge on any atom is -0.456 e. The highest BCUT2D eigenvalue weighted by Crippen LogP contribution is 2.51. The molecular weight excluding hydrogens is 909 g/mol. The molecule has 0 amide bonds. The van der Waals surface area contributed by atoms with Crippen molar-refractivity contribution in [1.82, 2.24) is 9.97 Å². The molecule has 0 spiro atoms. The molecule has 0 aliphatic heterocycles. The predicted molar refractivity (Wildman–Crippen MR) is 317 cm³/mol. The predicted octanol–water partition coefficient (Wildman–Crippen LogP) is 19.9. The third-order valence-electron chi connectivity index (χ3n) is 15.8. The van der Waals surface area contributed by atoms with E-state index in [2.05, 4.69) is 243 Å². The minimum absolute atomic E-state index is 0.697. The molecule has 3 heteroatoms. The summed E-state index contributed by atoms with van der Waals surface area (Å²) in [5.74, 6) is 0.697. The molecule has 0 N–H and O–H groups in total. The topological polar surface area (TPSA) is 38.9 Å². The summed E-state index contributed by atoms with van der Waals surface area (Å²) in [4.78, 5) is 10.6. The number of fused-ring (bicyclic) bond motifs is 14. The summed E-state index contributed by atoms with van der Waals surface area (Å²) in [6.45, 7) is 0. The van der Waals surface area contributed by atoms with Crippen LogP contribution in [0.25, 0.3) is 164 Å². The van der Waals surface area contributed by atoms with E-state index in [9.17, 15) is 0 Å². The Kier molecular flexibility index (Phi) is 9.04. The van der Waals surface area contributed by atoms with E-state index >= 15 is 0 Å². The lowest BCUT2D eigenvalue weighted by molar-refractivity contribution is 0.669. The molecule has 16 aromatic rings. The van der Waals surface area contributed by atoms with Crippen molar-refractivity contribution < 1.29 is 4.42 Å². The first-order valence-corrected chi connectivity index (χ1v) is 25.7. The molecule has 2 aromatic heterocycles. The normalized spacial score (nSPS) is 12.0. The molecule has 0 radical (unpaired) electrons. The van der Waals surface area contributed by atoms with Gasteiger partial charge in [0.05, 0.1) is 11.4 Å². The molecule has 0 fully saturated rings. The maximum Gasteiger partial charge on any atom is 0.160 e. The molecule has 3 nitrogen and oxygen atoms in total. The van der Waals surface area contributed by atoms with E-state index in [0.29, 0.717) is 5.82 Å². The fourth-order valence-electron chi connectivity index (χ4n) is 12.5. The van der Waals surface area contributed by atoms with Crippen LogP contribution in [-0.4, -0.2) is 9.97 Å². The van der Waals surface area contributed by atoms with Gasteiger partial charge in [-0.25, -0.2) is 9.97 Å². The molecule has 0 saturated heterocycles. The lowest BCUT2D eigenvalue weighted by atomic mass is 9.81. The second kappa shape index (κ2) is 16.3. The van der Waals surface area contributed by atoms with Crippen LogP contribution in [0.2, 0.25) is 0 Å². The Hall–Kier alpha value is -9.96. The molecule has 75 heavy (non-hydrogen) atoms. The summed E-state index contributed by atoms with van der Waals surface area (Å²) < 4.78 is 6.81. The highest BCUT2D eigenvalue weighted by atomic mass is 16.3. The van der Waals surface area contributed by atoms with E-state index in [1.165, 1.54) is 92.1 Å². The van der Waals surface area contributed by atoms with Gasteiger partial charge in [0.2, 0.25) is 0 Å². The van der Waals surface area contributed by atoms with Gasteiger partial charge >= 0.3 is 0 Å². The van der Waals surface area contributed by atoms with Gasteiger partial charge in [0, 0.05) is 27.5 Å². The van der Waals surface area contributed by atoms with Crippen LogP contribution in [-0.2, 0) is 0 Å². The van der Waals surface area contributed by atoms with Gasteiger partial charge in [-0.3, -0.25) is 0 Å². The second-order valence-electron chi connectivity index (χ2n) is 19.9. The van der Waals surface area contributed by atoms with Gasteiger partial charge < -0.3 is 4.42 Å². The smallest absolute Gasteiger partial charge is 0.160 e. The number of rotatable bonds is 5. The van der Waals surface area contributed by atoms with Crippen molar-refractivity contribution in [2.45, 2.75) is 0 Å². The third kappa shape index (κ3) is 6.35.